The van der Waals surface area contributed by atoms with Crippen molar-refractivity contribution in [2.75, 3.05) is 42.5 Å². The van der Waals surface area contributed by atoms with E-state index in [1.807, 2.05) is 12.1 Å². The van der Waals surface area contributed by atoms with Gasteiger partial charge in [-0.15, -0.1) is 11.6 Å². The zero-order valence-electron chi connectivity index (χ0n) is 32.9. The molecule has 2 fully saturated rings. The number of halogens is 1. The number of carbonyl (C=O) groups is 5. The standard InChI is InChI=1S/C27H25N3O6.C18H16ClN3O3/c1-34-24(31)15-18-7-13-22(14-8-18)35-17-23-16-30(27(33)36-23)21-11-9-19(10-12-21)25(28)29-26(32)20-5-3-2-4-6-20;19-10-15-11-22(18(24)25-15)14-8-6-12(7-9-14)16(20)21-17(23)13-4-2-1-3-5-13/h2-14,23H,15-17H2,1H3,(H2,28,29,32);1-9,15H,10-11H2,(H2,20,21,23). The third-order valence-electron chi connectivity index (χ3n) is 9.32. The number of amidine groups is 2. The number of cyclic esters (lactones) is 2. The Bertz CT molecular complexity index is 2380. The third kappa shape index (κ3) is 11.6. The number of nitrogens with two attached hydrogens (primary N) is 1. The molecule has 4 N–H and O–H groups in total. The van der Waals surface area contributed by atoms with Gasteiger partial charge in [-0.3, -0.25) is 29.6 Å². The Labute approximate surface area is 356 Å². The highest BCUT2D eigenvalue weighted by atomic mass is 35.5. The van der Waals surface area contributed by atoms with E-state index in [9.17, 15) is 24.0 Å². The van der Waals surface area contributed by atoms with Crippen LogP contribution in [0.4, 0.5) is 21.0 Å². The Balaban J connectivity index is 0.000000218. The highest BCUT2D eigenvalue weighted by Gasteiger charge is 2.33. The smallest absolute Gasteiger partial charge is 0.414 e. The van der Waals surface area contributed by atoms with Crippen molar-refractivity contribution < 1.29 is 42.9 Å². The van der Waals surface area contributed by atoms with Crippen LogP contribution in [0.15, 0.2) is 138 Å². The third-order valence-corrected chi connectivity index (χ3v) is 9.66. The normalized spacial score (nSPS) is 15.8. The van der Waals surface area contributed by atoms with Gasteiger partial charge >= 0.3 is 18.2 Å². The summed E-state index contributed by atoms with van der Waals surface area (Å²) in [6.45, 7) is 0.880. The Morgan fingerprint density at radius 1 is 0.738 bits per heavy atom. The lowest BCUT2D eigenvalue weighted by molar-refractivity contribution is -0.139. The van der Waals surface area contributed by atoms with Gasteiger partial charge in [0.1, 0.15) is 30.1 Å². The van der Waals surface area contributed by atoms with Gasteiger partial charge in [0.25, 0.3) is 11.8 Å². The molecule has 0 spiro atoms. The predicted octanol–water partition coefficient (Wildman–Crippen LogP) is 6.36. The summed E-state index contributed by atoms with van der Waals surface area (Å²) in [6, 6.07) is 38.0. The number of nitrogens with one attached hydrogen (secondary N) is 2. The molecule has 0 aliphatic carbocycles. The number of amides is 4. The van der Waals surface area contributed by atoms with Crippen LogP contribution in [0.2, 0.25) is 0 Å². The van der Waals surface area contributed by atoms with Crippen molar-refractivity contribution in [1.29, 1.82) is 5.41 Å². The number of hydrogen-bond donors (Lipinski definition) is 3. The van der Waals surface area contributed by atoms with Crippen molar-refractivity contribution in [3.05, 3.63) is 161 Å². The molecule has 2 unspecified atom stereocenters. The summed E-state index contributed by atoms with van der Waals surface area (Å²) in [5.74, 6) is -0.168. The first-order valence-corrected chi connectivity index (χ1v) is 19.4. The Kier molecular flexibility index (Phi) is 14.4. The molecule has 7 rings (SSSR count). The molecule has 2 saturated heterocycles. The van der Waals surface area contributed by atoms with Crippen LogP contribution in [0, 0.1) is 5.41 Å². The lowest BCUT2D eigenvalue weighted by Gasteiger charge is -2.14. The van der Waals surface area contributed by atoms with Crippen LogP contribution in [0.25, 0.3) is 0 Å². The van der Waals surface area contributed by atoms with Gasteiger partial charge in [-0.2, -0.15) is 4.99 Å². The molecule has 4 amide bonds. The highest BCUT2D eigenvalue weighted by molar-refractivity contribution is 6.18. The molecule has 2 atom stereocenters. The molecule has 2 heterocycles. The average molecular weight is 845 g/mol. The van der Waals surface area contributed by atoms with E-state index in [0.717, 1.165) is 5.56 Å². The fraction of sp³-hybridized carbons (Fsp3) is 0.178. The van der Waals surface area contributed by atoms with Gasteiger partial charge in [-0.1, -0.05) is 48.5 Å². The number of methoxy groups -OCH3 is 1. The molecule has 16 heteroatoms. The van der Waals surface area contributed by atoms with E-state index in [0.29, 0.717) is 52.5 Å². The van der Waals surface area contributed by atoms with Crippen LogP contribution in [0.1, 0.15) is 37.4 Å². The predicted molar refractivity (Wildman–Crippen MR) is 229 cm³/mol. The van der Waals surface area contributed by atoms with Crippen LogP contribution >= 0.6 is 11.6 Å². The summed E-state index contributed by atoms with van der Waals surface area (Å²) >= 11 is 5.72. The molecule has 15 nitrogen and oxygen atoms in total. The maximum absolute atomic E-state index is 12.4. The van der Waals surface area contributed by atoms with Crippen molar-refractivity contribution in [2.24, 2.45) is 10.7 Å². The number of carbonyl (C=O) groups excluding carboxylic acids is 5. The minimum Gasteiger partial charge on any atom is -0.490 e. The fourth-order valence-electron chi connectivity index (χ4n) is 6.05. The van der Waals surface area contributed by atoms with E-state index in [4.69, 9.17) is 37.0 Å². The maximum Gasteiger partial charge on any atom is 0.414 e. The summed E-state index contributed by atoms with van der Waals surface area (Å²) in [6.07, 6.45) is -1.51. The molecule has 5 aromatic carbocycles. The van der Waals surface area contributed by atoms with Gasteiger partial charge in [-0.05, 0) is 90.5 Å². The second kappa shape index (κ2) is 20.4. The van der Waals surface area contributed by atoms with Crippen LogP contribution < -0.4 is 25.6 Å². The summed E-state index contributed by atoms with van der Waals surface area (Å²) in [4.78, 5) is 66.8. The van der Waals surface area contributed by atoms with Gasteiger partial charge in [0.15, 0.2) is 6.10 Å². The molecule has 61 heavy (non-hydrogen) atoms. The molecule has 0 bridgehead atoms. The van der Waals surface area contributed by atoms with E-state index in [1.54, 1.807) is 121 Å². The van der Waals surface area contributed by atoms with Gasteiger partial charge < -0.3 is 30.0 Å². The molecule has 0 aromatic heterocycles. The number of benzene rings is 5. The van der Waals surface area contributed by atoms with Crippen molar-refractivity contribution >= 4 is 64.6 Å². The minimum atomic E-state index is -0.489. The maximum atomic E-state index is 12.4. The largest absolute Gasteiger partial charge is 0.490 e. The summed E-state index contributed by atoms with van der Waals surface area (Å²) in [5, 5.41) is 10.7. The number of ether oxygens (including phenoxy) is 4. The molecule has 312 valence electrons. The first kappa shape index (κ1) is 43.1. The first-order valence-electron chi connectivity index (χ1n) is 18.9. The number of hydrogen-bond acceptors (Lipinski definition) is 10. The van der Waals surface area contributed by atoms with Crippen LogP contribution in [0.5, 0.6) is 5.75 Å². The molecule has 0 radical (unpaired) electrons. The van der Waals surface area contributed by atoms with Crippen molar-refractivity contribution in [2.45, 2.75) is 18.6 Å². The van der Waals surface area contributed by atoms with Crippen LogP contribution in [-0.4, -0.2) is 86.5 Å². The second-order valence-corrected chi connectivity index (χ2v) is 13.9. The quantitative estimate of drug-likeness (QED) is 0.0417. The molecule has 2 aliphatic rings. The number of alkyl halides is 1. The number of nitrogens with zero attached hydrogens (tertiary/aromatic N) is 3. The fourth-order valence-corrected chi connectivity index (χ4v) is 6.21. The topological polar surface area (TPSA) is 203 Å². The zero-order valence-corrected chi connectivity index (χ0v) is 33.6. The van der Waals surface area contributed by atoms with Gasteiger partial charge in [0, 0.05) is 33.6 Å². The zero-order chi connectivity index (χ0) is 43.3. The number of anilines is 2. The lowest BCUT2D eigenvalue weighted by Crippen LogP contribution is -2.30. The number of esters is 1. The number of aliphatic imine (C=N–C) groups is 1. The van der Waals surface area contributed by atoms with Gasteiger partial charge in [0.05, 0.1) is 32.5 Å². The lowest BCUT2D eigenvalue weighted by atomic mass is 10.1. The van der Waals surface area contributed by atoms with E-state index >= 15 is 0 Å². The molecule has 0 saturated carbocycles. The molecule has 2 aliphatic heterocycles. The summed E-state index contributed by atoms with van der Waals surface area (Å²) < 4.78 is 20.9. The average Bonchev–Trinajstić information content (AvgIpc) is 3.87. The summed E-state index contributed by atoms with van der Waals surface area (Å²) in [5.41, 5.74) is 10.0. The minimum absolute atomic E-state index is 0.0386. The summed E-state index contributed by atoms with van der Waals surface area (Å²) in [7, 11) is 1.35. The Morgan fingerprint density at radius 3 is 1.80 bits per heavy atom. The van der Waals surface area contributed by atoms with Crippen molar-refractivity contribution in [3.63, 3.8) is 0 Å². The highest BCUT2D eigenvalue weighted by Crippen LogP contribution is 2.25. The molecule has 5 aromatic rings. The molecular formula is C45H41ClN6O9. The first-order chi connectivity index (χ1) is 29.5. The van der Waals surface area contributed by atoms with Crippen LogP contribution in [0.3, 0.4) is 0 Å². The van der Waals surface area contributed by atoms with Crippen LogP contribution in [-0.2, 0) is 25.4 Å². The van der Waals surface area contributed by atoms with E-state index in [1.165, 1.54) is 16.9 Å². The monoisotopic (exact) mass is 844 g/mol. The Hall–Kier alpha value is -7.52. The van der Waals surface area contributed by atoms with Crippen molar-refractivity contribution in [1.82, 2.24) is 5.32 Å². The van der Waals surface area contributed by atoms with Gasteiger partial charge in [0.2, 0.25) is 0 Å². The van der Waals surface area contributed by atoms with E-state index in [-0.39, 0.29) is 48.6 Å². The second-order valence-electron chi connectivity index (χ2n) is 13.6. The van der Waals surface area contributed by atoms with E-state index < -0.39 is 24.2 Å². The van der Waals surface area contributed by atoms with Gasteiger partial charge in [-0.25, -0.2) is 9.59 Å². The van der Waals surface area contributed by atoms with E-state index in [2.05, 4.69) is 15.0 Å². The SMILES string of the molecule is COC(=O)Cc1ccc(OCC2CN(c3ccc(C(=N)NC(=O)c4ccccc4)cc3)C(=O)O2)cc1.NC(=NC(=O)c1ccccc1)c1ccc(N2CC(CCl)OC2=O)cc1. The Morgan fingerprint density at radius 2 is 1.26 bits per heavy atom. The number of rotatable bonds is 12. The molecular weight excluding hydrogens is 804 g/mol. The van der Waals surface area contributed by atoms with Crippen molar-refractivity contribution in [3.8, 4) is 5.75 Å².